The first kappa shape index (κ1) is 29.0. The summed E-state index contributed by atoms with van der Waals surface area (Å²) in [5.74, 6) is -0.961. The number of aromatic nitrogens is 1. The van der Waals surface area contributed by atoms with E-state index in [0.29, 0.717) is 33.4 Å². The van der Waals surface area contributed by atoms with E-state index < -0.39 is 16.4 Å². The molecule has 1 N–H and O–H groups in total. The molecule has 1 fully saturated rings. The maximum Gasteiger partial charge on any atom is 0.573 e. The van der Waals surface area contributed by atoms with E-state index in [2.05, 4.69) is 15.0 Å². The smallest absolute Gasteiger partial charge is 0.406 e. The topological polar surface area (TPSA) is 109 Å². The Hall–Kier alpha value is -4.49. The number of nitrogens with one attached hydrogen (secondary N) is 1. The van der Waals surface area contributed by atoms with Gasteiger partial charge in [0.25, 0.3) is 5.91 Å². The first-order valence-corrected chi connectivity index (χ1v) is 14.3. The van der Waals surface area contributed by atoms with Crippen LogP contribution >= 0.6 is 0 Å². The van der Waals surface area contributed by atoms with E-state index in [9.17, 15) is 31.2 Å². The Labute approximate surface area is 239 Å². The van der Waals surface area contributed by atoms with Gasteiger partial charge in [-0.25, -0.2) is 13.4 Å². The van der Waals surface area contributed by atoms with E-state index in [0.717, 1.165) is 0 Å². The minimum absolute atomic E-state index is 0.0767. The number of para-hydroxylation sites is 1. The predicted molar refractivity (Wildman–Crippen MR) is 149 cm³/mol. The van der Waals surface area contributed by atoms with Crippen LogP contribution in [0.25, 0.3) is 22.2 Å². The zero-order valence-corrected chi connectivity index (χ0v) is 23.1. The van der Waals surface area contributed by atoms with E-state index in [4.69, 9.17) is 0 Å². The van der Waals surface area contributed by atoms with Crippen LogP contribution in [0.15, 0.2) is 83.8 Å². The lowest BCUT2D eigenvalue weighted by atomic mass is 10.0. The average Bonchev–Trinajstić information content (AvgIpc) is 2.96. The molecule has 5 rings (SSSR count). The molecule has 1 aromatic heterocycles. The van der Waals surface area contributed by atoms with Crippen LogP contribution in [0.4, 0.5) is 18.9 Å². The number of sulfonamides is 1. The molecule has 2 amide bonds. The summed E-state index contributed by atoms with van der Waals surface area (Å²) >= 11 is 0. The summed E-state index contributed by atoms with van der Waals surface area (Å²) in [6, 6.07) is 19.7. The highest BCUT2D eigenvalue weighted by molar-refractivity contribution is 7.89. The fraction of sp³-hybridized carbons (Fsp3) is 0.207. The largest absolute Gasteiger partial charge is 0.573 e. The van der Waals surface area contributed by atoms with E-state index in [1.54, 1.807) is 35.2 Å². The van der Waals surface area contributed by atoms with Crippen molar-refractivity contribution in [1.82, 2.24) is 14.2 Å². The second kappa shape index (κ2) is 11.4. The number of alkyl halides is 3. The van der Waals surface area contributed by atoms with Crippen molar-refractivity contribution in [2.45, 2.75) is 18.2 Å². The number of carbonyl (C=O) groups is 2. The van der Waals surface area contributed by atoms with Crippen molar-refractivity contribution in [2.75, 3.05) is 31.5 Å². The molecule has 218 valence electrons. The van der Waals surface area contributed by atoms with Crippen LogP contribution in [0.2, 0.25) is 0 Å². The fourth-order valence-electron chi connectivity index (χ4n) is 4.69. The molecule has 1 saturated heterocycles. The van der Waals surface area contributed by atoms with Gasteiger partial charge in [-0.05, 0) is 60.7 Å². The molecule has 13 heteroatoms. The van der Waals surface area contributed by atoms with Crippen molar-refractivity contribution in [3.05, 3.63) is 84.4 Å². The van der Waals surface area contributed by atoms with Crippen molar-refractivity contribution in [1.29, 1.82) is 0 Å². The molecule has 1 aliphatic heterocycles. The highest BCUT2D eigenvalue weighted by Crippen LogP contribution is 2.29. The molecule has 9 nitrogen and oxygen atoms in total. The average molecular weight is 599 g/mol. The number of halogens is 3. The van der Waals surface area contributed by atoms with Gasteiger partial charge in [0, 0.05) is 49.7 Å². The lowest BCUT2D eigenvalue weighted by Gasteiger charge is -2.34. The van der Waals surface area contributed by atoms with Gasteiger partial charge in [0.15, 0.2) is 0 Å². The molecular weight excluding hydrogens is 573 g/mol. The highest BCUT2D eigenvalue weighted by Gasteiger charge is 2.32. The summed E-state index contributed by atoms with van der Waals surface area (Å²) in [6.45, 7) is 1.82. The van der Waals surface area contributed by atoms with E-state index >= 15 is 0 Å². The number of carbonyl (C=O) groups excluding carboxylic acids is 2. The third kappa shape index (κ3) is 6.37. The van der Waals surface area contributed by atoms with Gasteiger partial charge < -0.3 is 15.0 Å². The predicted octanol–water partition coefficient (Wildman–Crippen LogP) is 4.91. The Balaban J connectivity index is 1.35. The van der Waals surface area contributed by atoms with Crippen LogP contribution in [-0.2, 0) is 14.8 Å². The molecule has 4 aromatic rings. The quantitative estimate of drug-likeness (QED) is 0.338. The summed E-state index contributed by atoms with van der Waals surface area (Å²) in [6.07, 6.45) is -4.82. The number of hydrogen-bond donors (Lipinski definition) is 1. The van der Waals surface area contributed by atoms with E-state index in [1.165, 1.54) is 59.8 Å². The summed E-state index contributed by atoms with van der Waals surface area (Å²) in [5, 5.41) is 3.19. The first-order valence-electron chi connectivity index (χ1n) is 12.8. The Bertz CT molecular complexity index is 1740. The SMILES string of the molecule is CC(=O)Nc1ccc(S(=O)(=O)N2CCN(C(=O)c3cc(-c4ccc(OC(F)(F)F)cc4)nc4ccccc34)CC2)cc1. The highest BCUT2D eigenvalue weighted by atomic mass is 32.2. The van der Waals surface area contributed by atoms with Crippen molar-refractivity contribution in [2.24, 2.45) is 0 Å². The zero-order chi connectivity index (χ0) is 30.1. The van der Waals surface area contributed by atoms with Crippen LogP contribution in [0, 0.1) is 0 Å². The summed E-state index contributed by atoms with van der Waals surface area (Å²) in [5.41, 5.74) is 2.23. The second-order valence-electron chi connectivity index (χ2n) is 9.55. The standard InChI is InChI=1S/C29H25F3N4O5S/c1-19(37)33-21-8-12-23(13-9-21)42(39,40)36-16-14-35(15-17-36)28(38)25-18-27(34-26-5-3-2-4-24(25)26)20-6-10-22(11-7-20)41-29(30,31)32/h2-13,18H,14-17H2,1H3,(H,33,37). The van der Waals surface area contributed by atoms with Crippen molar-refractivity contribution < 1.29 is 35.9 Å². The summed E-state index contributed by atoms with van der Waals surface area (Å²) in [4.78, 5) is 31.2. The van der Waals surface area contributed by atoms with E-state index in [-0.39, 0.29) is 48.6 Å². The first-order chi connectivity index (χ1) is 19.9. The molecule has 0 atom stereocenters. The summed E-state index contributed by atoms with van der Waals surface area (Å²) in [7, 11) is -3.82. The number of nitrogens with zero attached hydrogens (tertiary/aromatic N) is 3. The molecule has 1 aliphatic rings. The Morgan fingerprint density at radius 2 is 1.55 bits per heavy atom. The molecule has 0 bridgehead atoms. The zero-order valence-electron chi connectivity index (χ0n) is 22.3. The lowest BCUT2D eigenvalue weighted by molar-refractivity contribution is -0.274. The Kier molecular flexibility index (Phi) is 7.89. The minimum atomic E-state index is -4.82. The third-order valence-electron chi connectivity index (χ3n) is 6.67. The monoisotopic (exact) mass is 598 g/mol. The van der Waals surface area contributed by atoms with Crippen LogP contribution < -0.4 is 10.1 Å². The number of rotatable bonds is 6. The normalized spacial score (nSPS) is 14.5. The number of ether oxygens (including phenoxy) is 1. The molecule has 3 aromatic carbocycles. The van der Waals surface area contributed by atoms with Crippen LogP contribution in [-0.4, -0.2) is 67.0 Å². The second-order valence-corrected chi connectivity index (χ2v) is 11.5. The van der Waals surface area contributed by atoms with Crippen LogP contribution in [0.3, 0.4) is 0 Å². The van der Waals surface area contributed by atoms with Gasteiger partial charge in [0.2, 0.25) is 15.9 Å². The lowest BCUT2D eigenvalue weighted by Crippen LogP contribution is -2.50. The van der Waals surface area contributed by atoms with Gasteiger partial charge in [-0.2, -0.15) is 4.31 Å². The molecule has 0 unspecified atom stereocenters. The molecular formula is C29H25F3N4O5S. The number of benzene rings is 3. The number of fused-ring (bicyclic) bond motifs is 1. The number of hydrogen-bond acceptors (Lipinski definition) is 6. The maximum absolute atomic E-state index is 13.7. The number of piperazine rings is 1. The Morgan fingerprint density at radius 1 is 0.905 bits per heavy atom. The maximum atomic E-state index is 13.7. The molecule has 2 heterocycles. The number of pyridine rings is 1. The van der Waals surface area contributed by atoms with Gasteiger partial charge in [0.1, 0.15) is 5.75 Å². The molecule has 0 spiro atoms. The molecule has 0 aliphatic carbocycles. The number of anilines is 1. The molecule has 42 heavy (non-hydrogen) atoms. The Morgan fingerprint density at radius 3 is 2.17 bits per heavy atom. The number of amides is 2. The van der Waals surface area contributed by atoms with Gasteiger partial charge in [-0.1, -0.05) is 18.2 Å². The molecule has 0 radical (unpaired) electrons. The fourth-order valence-corrected chi connectivity index (χ4v) is 6.11. The van der Waals surface area contributed by atoms with Gasteiger partial charge in [0.05, 0.1) is 21.7 Å². The summed E-state index contributed by atoms with van der Waals surface area (Å²) < 4.78 is 69.3. The third-order valence-corrected chi connectivity index (χ3v) is 8.58. The van der Waals surface area contributed by atoms with Crippen LogP contribution in [0.1, 0.15) is 17.3 Å². The van der Waals surface area contributed by atoms with Crippen molar-refractivity contribution in [3.63, 3.8) is 0 Å². The van der Waals surface area contributed by atoms with Crippen molar-refractivity contribution in [3.8, 4) is 17.0 Å². The van der Waals surface area contributed by atoms with Gasteiger partial charge >= 0.3 is 6.36 Å². The van der Waals surface area contributed by atoms with E-state index in [1.807, 2.05) is 0 Å². The van der Waals surface area contributed by atoms with Crippen LogP contribution in [0.5, 0.6) is 5.75 Å². The molecule has 0 saturated carbocycles. The van der Waals surface area contributed by atoms with Gasteiger partial charge in [-0.3, -0.25) is 9.59 Å². The minimum Gasteiger partial charge on any atom is -0.406 e. The van der Waals surface area contributed by atoms with Crippen molar-refractivity contribution >= 4 is 38.4 Å². The van der Waals surface area contributed by atoms with Gasteiger partial charge in [-0.15, -0.1) is 13.2 Å².